The van der Waals surface area contributed by atoms with Gasteiger partial charge in [0.2, 0.25) is 0 Å². The average Bonchev–Trinajstić information content (AvgIpc) is 3.04. The first-order chi connectivity index (χ1) is 11.9. The van der Waals surface area contributed by atoms with E-state index >= 15 is 0 Å². The maximum Gasteiger partial charge on any atom is 0.345 e. The van der Waals surface area contributed by atoms with Gasteiger partial charge in [-0.3, -0.25) is 9.59 Å². The molecule has 0 aliphatic rings. The molecular weight excluding hydrogens is 344 g/mol. The third-order valence-electron chi connectivity index (χ3n) is 3.97. The van der Waals surface area contributed by atoms with Crippen LogP contribution in [-0.2, 0) is 0 Å². The summed E-state index contributed by atoms with van der Waals surface area (Å²) in [5.41, 5.74) is 0.105. The Labute approximate surface area is 146 Å². The van der Waals surface area contributed by atoms with E-state index < -0.39 is 5.63 Å². The molecule has 6 nitrogen and oxygen atoms in total. The second kappa shape index (κ2) is 6.18. The van der Waals surface area contributed by atoms with Gasteiger partial charge in [-0.2, -0.15) is 0 Å². The lowest BCUT2D eigenvalue weighted by molar-refractivity contribution is 0.102. The van der Waals surface area contributed by atoms with Gasteiger partial charge in [-0.05, 0) is 37.6 Å². The first-order valence-electron chi connectivity index (χ1n) is 7.32. The molecule has 0 atom stereocenters. The summed E-state index contributed by atoms with van der Waals surface area (Å²) in [6, 6.07) is 4.85. The zero-order valence-electron chi connectivity index (χ0n) is 13.7. The van der Waals surface area contributed by atoms with Crippen LogP contribution in [0.15, 0.2) is 27.4 Å². The summed E-state index contributed by atoms with van der Waals surface area (Å²) in [5, 5.41) is 10.5. The number of Topliss-reactive ketones (excluding diaryl/α,β-unsaturated/α-hetero) is 1. The summed E-state index contributed by atoms with van der Waals surface area (Å²) >= 11 is 1.19. The van der Waals surface area contributed by atoms with Crippen LogP contribution >= 0.6 is 11.3 Å². The van der Waals surface area contributed by atoms with Gasteiger partial charge in [0.05, 0.1) is 17.6 Å². The van der Waals surface area contributed by atoms with Crippen LogP contribution in [-0.4, -0.2) is 24.3 Å². The second-order valence-electron chi connectivity index (χ2n) is 5.45. The predicted molar refractivity (Wildman–Crippen MR) is 94.1 cm³/mol. The van der Waals surface area contributed by atoms with E-state index in [2.05, 4.69) is 0 Å². The minimum absolute atomic E-state index is 0.00268. The van der Waals surface area contributed by atoms with Crippen LogP contribution in [0.4, 0.5) is 0 Å². The number of hydrogen-bond donors (Lipinski definition) is 1. The molecular formula is C18H14O6S. The lowest BCUT2D eigenvalue weighted by Crippen LogP contribution is -2.06. The van der Waals surface area contributed by atoms with Crippen molar-refractivity contribution in [1.29, 1.82) is 0 Å². The quantitative estimate of drug-likeness (QED) is 0.435. The van der Waals surface area contributed by atoms with Gasteiger partial charge in [-0.25, -0.2) is 4.79 Å². The van der Waals surface area contributed by atoms with Crippen LogP contribution < -0.4 is 10.4 Å². The highest BCUT2D eigenvalue weighted by atomic mass is 32.1. The molecule has 0 spiro atoms. The topological polar surface area (TPSA) is 93.8 Å². The normalized spacial score (nSPS) is 10.8. The summed E-state index contributed by atoms with van der Waals surface area (Å²) in [6.07, 6.45) is 0.418. The van der Waals surface area contributed by atoms with E-state index in [9.17, 15) is 19.5 Å². The Hall–Kier alpha value is -2.93. The van der Waals surface area contributed by atoms with Gasteiger partial charge >= 0.3 is 5.63 Å². The van der Waals surface area contributed by atoms with Crippen LogP contribution in [0.2, 0.25) is 0 Å². The number of methoxy groups -OCH3 is 1. The number of fused-ring (bicyclic) bond motifs is 1. The number of carbonyl (C=O) groups excluding carboxylic acids is 2. The number of phenols is 1. The summed E-state index contributed by atoms with van der Waals surface area (Å²) in [7, 11) is 1.36. The summed E-state index contributed by atoms with van der Waals surface area (Å²) in [4.78, 5) is 36.5. The molecule has 0 saturated heterocycles. The Morgan fingerprint density at radius 3 is 2.64 bits per heavy atom. The highest BCUT2D eigenvalue weighted by Crippen LogP contribution is 2.39. The molecule has 7 heteroatoms. The number of aromatic hydroxyl groups is 1. The standard InChI is InChI=1S/C18H14O6S/c1-8-10-6-12(23-3)16(21)11(7-19)17(10)24-18(22)15(8)14-5-4-13(25-14)9(2)20/h4-7,21H,1-3H3. The van der Waals surface area contributed by atoms with Crippen LogP contribution in [0, 0.1) is 6.92 Å². The molecule has 1 aromatic carbocycles. The number of aryl methyl sites for hydroxylation is 1. The summed E-state index contributed by atoms with van der Waals surface area (Å²) in [6.45, 7) is 3.17. The molecule has 0 unspecified atom stereocenters. The molecule has 0 aliphatic heterocycles. The lowest BCUT2D eigenvalue weighted by Gasteiger charge is -2.11. The van der Waals surface area contributed by atoms with Gasteiger partial charge in [-0.15, -0.1) is 11.3 Å². The fourth-order valence-electron chi connectivity index (χ4n) is 2.68. The molecule has 0 radical (unpaired) electrons. The molecule has 0 aliphatic carbocycles. The number of ether oxygens (including phenoxy) is 1. The third-order valence-corrected chi connectivity index (χ3v) is 5.17. The number of hydrogen-bond acceptors (Lipinski definition) is 7. The monoisotopic (exact) mass is 358 g/mol. The Morgan fingerprint density at radius 1 is 1.36 bits per heavy atom. The third kappa shape index (κ3) is 2.62. The maximum absolute atomic E-state index is 12.5. The van der Waals surface area contributed by atoms with E-state index in [1.807, 2.05) is 0 Å². The van der Waals surface area contributed by atoms with Crippen molar-refractivity contribution in [2.75, 3.05) is 7.11 Å². The number of carbonyl (C=O) groups is 2. The van der Waals surface area contributed by atoms with Crippen molar-refractivity contribution in [3.63, 3.8) is 0 Å². The first kappa shape index (κ1) is 16.9. The molecule has 0 bridgehead atoms. The van der Waals surface area contributed by atoms with Gasteiger partial charge in [-0.1, -0.05) is 0 Å². The van der Waals surface area contributed by atoms with Gasteiger partial charge < -0.3 is 14.3 Å². The van der Waals surface area contributed by atoms with Crippen molar-refractivity contribution in [2.45, 2.75) is 13.8 Å². The van der Waals surface area contributed by atoms with Crippen molar-refractivity contribution in [2.24, 2.45) is 0 Å². The Bertz CT molecular complexity index is 1070. The Kier molecular flexibility index (Phi) is 4.18. The number of benzene rings is 1. The number of aldehydes is 1. The second-order valence-corrected chi connectivity index (χ2v) is 6.53. The number of thiophene rings is 1. The van der Waals surface area contributed by atoms with Crippen LogP contribution in [0.1, 0.15) is 32.5 Å². The van der Waals surface area contributed by atoms with E-state index in [-0.39, 0.29) is 28.4 Å². The van der Waals surface area contributed by atoms with E-state index in [0.29, 0.717) is 32.6 Å². The van der Waals surface area contributed by atoms with Crippen molar-refractivity contribution in [3.05, 3.63) is 44.6 Å². The molecule has 128 valence electrons. The summed E-state index contributed by atoms with van der Waals surface area (Å²) in [5.74, 6) is -0.364. The summed E-state index contributed by atoms with van der Waals surface area (Å²) < 4.78 is 10.4. The van der Waals surface area contributed by atoms with E-state index in [4.69, 9.17) is 9.15 Å². The van der Waals surface area contributed by atoms with Crippen molar-refractivity contribution >= 4 is 34.4 Å². The molecule has 3 aromatic rings. The van der Waals surface area contributed by atoms with Gasteiger partial charge in [0.1, 0.15) is 5.56 Å². The van der Waals surface area contributed by atoms with Crippen molar-refractivity contribution in [3.8, 4) is 21.9 Å². The van der Waals surface area contributed by atoms with Gasteiger partial charge in [0.25, 0.3) is 0 Å². The Morgan fingerprint density at radius 2 is 2.08 bits per heavy atom. The van der Waals surface area contributed by atoms with Crippen molar-refractivity contribution in [1.82, 2.24) is 0 Å². The van der Waals surface area contributed by atoms with E-state index in [1.54, 1.807) is 19.1 Å². The zero-order valence-corrected chi connectivity index (χ0v) is 14.5. The molecule has 2 heterocycles. The highest BCUT2D eigenvalue weighted by molar-refractivity contribution is 7.17. The van der Waals surface area contributed by atoms with E-state index in [1.165, 1.54) is 31.4 Å². The minimum atomic E-state index is -0.644. The van der Waals surface area contributed by atoms with E-state index in [0.717, 1.165) is 0 Å². The molecule has 1 N–H and O–H groups in total. The lowest BCUT2D eigenvalue weighted by atomic mass is 10.0. The Balaban J connectivity index is 2.39. The number of rotatable bonds is 4. The highest BCUT2D eigenvalue weighted by Gasteiger charge is 2.21. The van der Waals surface area contributed by atoms with Crippen LogP contribution in [0.25, 0.3) is 21.4 Å². The largest absolute Gasteiger partial charge is 0.504 e. The predicted octanol–water partition coefficient (Wildman–Crippen LogP) is 3.56. The molecule has 0 saturated carbocycles. The fraction of sp³-hybridized carbons (Fsp3) is 0.167. The molecule has 0 amide bonds. The first-order valence-corrected chi connectivity index (χ1v) is 8.14. The zero-order chi connectivity index (χ0) is 18.3. The van der Waals surface area contributed by atoms with Crippen molar-refractivity contribution < 1.29 is 23.8 Å². The minimum Gasteiger partial charge on any atom is -0.504 e. The van der Waals surface area contributed by atoms with Crippen LogP contribution in [0.3, 0.4) is 0 Å². The number of ketones is 1. The SMILES string of the molecule is COc1cc2c(C)c(-c3ccc(C(C)=O)s3)c(=O)oc2c(C=O)c1O. The number of phenolic OH excluding ortho intramolecular Hbond substituents is 1. The fourth-order valence-corrected chi connectivity index (χ4v) is 3.67. The van der Waals surface area contributed by atoms with Gasteiger partial charge in [0.15, 0.2) is 29.2 Å². The smallest absolute Gasteiger partial charge is 0.345 e. The molecule has 3 rings (SSSR count). The van der Waals surface area contributed by atoms with Crippen LogP contribution in [0.5, 0.6) is 11.5 Å². The maximum atomic E-state index is 12.5. The average molecular weight is 358 g/mol. The van der Waals surface area contributed by atoms with Gasteiger partial charge in [0, 0.05) is 10.3 Å². The molecule has 0 fully saturated rings. The molecule has 25 heavy (non-hydrogen) atoms. The molecule has 2 aromatic heterocycles.